The Morgan fingerprint density at radius 2 is 1.17 bits per heavy atom. The van der Waals surface area contributed by atoms with Crippen molar-refractivity contribution in [3.05, 3.63) is 76.1 Å². The van der Waals surface area contributed by atoms with E-state index in [1.165, 1.54) is 18.5 Å². The lowest BCUT2D eigenvalue weighted by Crippen LogP contribution is -2.23. The minimum atomic E-state index is -0.505. The topological polar surface area (TPSA) is 133 Å². The van der Waals surface area contributed by atoms with Crippen molar-refractivity contribution in [1.82, 2.24) is 15.8 Å². The van der Waals surface area contributed by atoms with Gasteiger partial charge in [-0.15, -0.1) is 0 Å². The first-order valence-corrected chi connectivity index (χ1v) is 10.9. The predicted molar refractivity (Wildman–Crippen MR) is 129 cm³/mol. The molecule has 3 heterocycles. The first-order chi connectivity index (χ1) is 17.5. The molecule has 36 heavy (non-hydrogen) atoms. The number of fused-ring (bicyclic) bond motifs is 2. The van der Waals surface area contributed by atoms with Crippen molar-refractivity contribution in [2.45, 2.75) is 13.8 Å². The summed E-state index contributed by atoms with van der Waals surface area (Å²) in [7, 11) is 0. The molecule has 2 amide bonds. The summed E-state index contributed by atoms with van der Waals surface area (Å²) in [5, 5.41) is 7.99. The van der Waals surface area contributed by atoms with E-state index in [9.17, 15) is 9.59 Å². The van der Waals surface area contributed by atoms with E-state index in [0.29, 0.717) is 34.4 Å². The second kappa shape index (κ2) is 9.74. The highest BCUT2D eigenvalue weighted by molar-refractivity contribution is 6.01. The Morgan fingerprint density at radius 1 is 0.722 bits per heavy atom. The van der Waals surface area contributed by atoms with Gasteiger partial charge >= 0.3 is 0 Å². The third-order valence-corrected chi connectivity index (χ3v) is 5.45. The summed E-state index contributed by atoms with van der Waals surface area (Å²) >= 11 is 0. The summed E-state index contributed by atoms with van der Waals surface area (Å²) in [6.45, 7) is 3.71. The number of ether oxygens (including phenoxy) is 4. The molecule has 3 aromatic rings. The second-order valence-electron chi connectivity index (χ2n) is 7.88. The molecule has 182 valence electrons. The van der Waals surface area contributed by atoms with Crippen LogP contribution in [0.5, 0.6) is 23.0 Å². The second-order valence-corrected chi connectivity index (χ2v) is 7.88. The van der Waals surface area contributed by atoms with Gasteiger partial charge in [-0.3, -0.25) is 14.6 Å². The predicted octanol–water partition coefficient (Wildman–Crippen LogP) is 2.68. The highest BCUT2D eigenvalue weighted by Gasteiger charge is 2.18. The van der Waals surface area contributed by atoms with Crippen molar-refractivity contribution in [3.63, 3.8) is 0 Å². The van der Waals surface area contributed by atoms with Crippen LogP contribution in [0.3, 0.4) is 0 Å². The number of hydrazone groups is 2. The van der Waals surface area contributed by atoms with Crippen LogP contribution < -0.4 is 29.8 Å². The Kier molecular flexibility index (Phi) is 6.18. The van der Waals surface area contributed by atoms with E-state index in [1.807, 2.05) is 0 Å². The van der Waals surface area contributed by atoms with Gasteiger partial charge in [-0.25, -0.2) is 10.9 Å². The first-order valence-electron chi connectivity index (χ1n) is 10.9. The summed E-state index contributed by atoms with van der Waals surface area (Å²) in [5.74, 6) is 1.53. The van der Waals surface area contributed by atoms with Crippen molar-refractivity contribution in [3.8, 4) is 23.0 Å². The van der Waals surface area contributed by atoms with Crippen LogP contribution in [0.15, 0.2) is 52.7 Å². The van der Waals surface area contributed by atoms with Crippen LogP contribution in [0.4, 0.5) is 0 Å². The SMILES string of the molecule is Cc1nc(C)c(C(=O)N/N=C/c2ccc3c(c2)OCO3)cc1C(=O)N/N=C/c1ccc2c(c1)OCO2. The van der Waals surface area contributed by atoms with Crippen LogP contribution >= 0.6 is 0 Å². The zero-order valence-electron chi connectivity index (χ0n) is 19.4. The minimum absolute atomic E-state index is 0.173. The monoisotopic (exact) mass is 487 g/mol. The summed E-state index contributed by atoms with van der Waals surface area (Å²) in [6.07, 6.45) is 2.96. The fourth-order valence-electron chi connectivity index (χ4n) is 3.62. The number of amides is 2. The smallest absolute Gasteiger partial charge is 0.273 e. The molecule has 5 rings (SSSR count). The van der Waals surface area contributed by atoms with Crippen molar-refractivity contribution in [1.29, 1.82) is 0 Å². The highest BCUT2D eigenvalue weighted by atomic mass is 16.7. The number of carbonyl (C=O) groups is 2. The van der Waals surface area contributed by atoms with E-state index in [-0.39, 0.29) is 24.7 Å². The van der Waals surface area contributed by atoms with Gasteiger partial charge in [0.25, 0.3) is 11.8 Å². The molecule has 2 aliphatic rings. The Labute approximate surface area is 205 Å². The van der Waals surface area contributed by atoms with Crippen molar-refractivity contribution < 1.29 is 28.5 Å². The maximum Gasteiger partial charge on any atom is 0.273 e. The third kappa shape index (κ3) is 4.80. The lowest BCUT2D eigenvalue weighted by Gasteiger charge is -2.09. The average molecular weight is 487 g/mol. The molecule has 11 nitrogen and oxygen atoms in total. The molecule has 2 aromatic carbocycles. The maximum absolute atomic E-state index is 12.7. The molecular weight excluding hydrogens is 466 g/mol. The molecule has 0 aliphatic carbocycles. The minimum Gasteiger partial charge on any atom is -0.454 e. The first kappa shape index (κ1) is 22.8. The van der Waals surface area contributed by atoms with Gasteiger partial charge in [-0.05, 0) is 67.4 Å². The highest BCUT2D eigenvalue weighted by Crippen LogP contribution is 2.32. The molecule has 0 unspecified atom stereocenters. The Hall–Kier alpha value is -4.93. The molecule has 0 spiro atoms. The van der Waals surface area contributed by atoms with Crippen LogP contribution in [0.25, 0.3) is 0 Å². The molecule has 11 heteroatoms. The molecule has 2 N–H and O–H groups in total. The van der Waals surface area contributed by atoms with Gasteiger partial charge in [0.05, 0.1) is 34.9 Å². The zero-order chi connectivity index (χ0) is 25.1. The van der Waals surface area contributed by atoms with Crippen molar-refractivity contribution in [2.24, 2.45) is 10.2 Å². The number of hydrogen-bond acceptors (Lipinski definition) is 9. The molecule has 0 saturated carbocycles. The number of hydrogen-bond donors (Lipinski definition) is 2. The average Bonchev–Trinajstić information content (AvgIpc) is 3.52. The van der Waals surface area contributed by atoms with Crippen LogP contribution in [0.1, 0.15) is 43.2 Å². The number of aryl methyl sites for hydroxylation is 2. The number of nitrogens with zero attached hydrogens (tertiary/aromatic N) is 3. The van der Waals surface area contributed by atoms with Crippen LogP contribution in [0.2, 0.25) is 0 Å². The van der Waals surface area contributed by atoms with Crippen molar-refractivity contribution in [2.75, 3.05) is 13.6 Å². The Balaban J connectivity index is 1.24. The lowest BCUT2D eigenvalue weighted by molar-refractivity contribution is 0.0954. The number of rotatable bonds is 6. The normalized spacial score (nSPS) is 13.4. The van der Waals surface area contributed by atoms with E-state index < -0.39 is 11.8 Å². The number of nitrogens with one attached hydrogen (secondary N) is 2. The quantitative estimate of drug-likeness (QED) is 0.403. The van der Waals surface area contributed by atoms with Crippen LogP contribution in [-0.2, 0) is 0 Å². The van der Waals surface area contributed by atoms with E-state index in [2.05, 4.69) is 26.0 Å². The number of aromatic nitrogens is 1. The van der Waals surface area contributed by atoms with Gasteiger partial charge in [0.15, 0.2) is 23.0 Å². The zero-order valence-corrected chi connectivity index (χ0v) is 19.4. The van der Waals surface area contributed by atoms with E-state index in [4.69, 9.17) is 18.9 Å². The van der Waals surface area contributed by atoms with Gasteiger partial charge in [0, 0.05) is 0 Å². The summed E-state index contributed by atoms with van der Waals surface area (Å²) in [6, 6.07) is 12.1. The summed E-state index contributed by atoms with van der Waals surface area (Å²) in [4.78, 5) is 29.8. The molecular formula is C25H21N5O6. The maximum atomic E-state index is 12.7. The van der Waals surface area contributed by atoms with E-state index in [1.54, 1.807) is 50.2 Å². The molecule has 2 aliphatic heterocycles. The number of benzene rings is 2. The fraction of sp³-hybridized carbons (Fsp3) is 0.160. The van der Waals surface area contributed by atoms with E-state index in [0.717, 1.165) is 11.1 Å². The van der Waals surface area contributed by atoms with Gasteiger partial charge in [0.2, 0.25) is 13.6 Å². The Morgan fingerprint density at radius 3 is 1.64 bits per heavy atom. The van der Waals surface area contributed by atoms with Gasteiger partial charge in [-0.2, -0.15) is 10.2 Å². The standard InChI is InChI=1S/C25H21N5O6/c1-14-18(24(31)29-26-10-16-3-5-20-22(7-16)35-12-33-20)9-19(15(2)28-14)25(32)30-27-11-17-4-6-21-23(8-17)36-13-34-21/h3-11H,12-13H2,1-2H3,(H,29,31)(H,30,32)/b26-10+,27-11+. The largest absolute Gasteiger partial charge is 0.454 e. The molecule has 1 aromatic heterocycles. The summed E-state index contributed by atoms with van der Waals surface area (Å²) in [5.41, 5.74) is 7.72. The number of pyridine rings is 1. The lowest BCUT2D eigenvalue weighted by atomic mass is 10.1. The van der Waals surface area contributed by atoms with Gasteiger partial charge < -0.3 is 18.9 Å². The molecule has 0 saturated heterocycles. The molecule has 0 bridgehead atoms. The van der Waals surface area contributed by atoms with Gasteiger partial charge in [-0.1, -0.05) is 0 Å². The van der Waals surface area contributed by atoms with Gasteiger partial charge in [0.1, 0.15) is 0 Å². The van der Waals surface area contributed by atoms with Crippen LogP contribution in [-0.4, -0.2) is 42.8 Å². The number of carbonyl (C=O) groups excluding carboxylic acids is 2. The van der Waals surface area contributed by atoms with Crippen LogP contribution in [0, 0.1) is 13.8 Å². The Bertz CT molecular complexity index is 1320. The fourth-order valence-corrected chi connectivity index (χ4v) is 3.62. The third-order valence-electron chi connectivity index (χ3n) is 5.45. The molecule has 0 atom stereocenters. The molecule has 0 fully saturated rings. The van der Waals surface area contributed by atoms with E-state index >= 15 is 0 Å². The molecule has 0 radical (unpaired) electrons. The summed E-state index contributed by atoms with van der Waals surface area (Å²) < 4.78 is 21.2. The van der Waals surface area contributed by atoms with Crippen molar-refractivity contribution >= 4 is 24.2 Å².